The van der Waals surface area contributed by atoms with Gasteiger partial charge in [0, 0.05) is 0 Å². The Labute approximate surface area is 571 Å². The average molecular weight is 1310 g/mol. The Hall–Kier alpha value is -7.91. The van der Waals surface area contributed by atoms with Crippen molar-refractivity contribution >= 4 is 126 Å². The minimum atomic E-state index is -2.26. The van der Waals surface area contributed by atoms with Crippen LogP contribution in [0.1, 0.15) is 66.8 Å². The maximum absolute atomic E-state index is 13.3. The monoisotopic (exact) mass is 1310 g/mol. The molecule has 0 heterocycles. The SMILES string of the molecule is Cc1cc(C)c([B-](O)(c2ccc([P+](c3ccccc3)(c3ccccc3)c3ccccc3)cc2)c2c(C)cc(C)cc2C)c(C)c1.Cc1cc(C)c([B-](O)(c2ccc([P+](c3ccccc3)(c3ccccc3)c3ccccc3)cc2)c2c(C)cc(C)cc2C)c(C)c1.ClCCl.O. The summed E-state index contributed by atoms with van der Waals surface area (Å²) in [5, 5.41) is 37.3. The van der Waals surface area contributed by atoms with Gasteiger partial charge in [0.15, 0.2) is 12.7 Å². The molecule has 12 aromatic rings. The van der Waals surface area contributed by atoms with Crippen molar-refractivity contribution in [2.45, 2.75) is 83.1 Å². The number of hydrogen-bond donors (Lipinski definition) is 2. The Morgan fingerprint density at radius 2 is 0.383 bits per heavy atom. The van der Waals surface area contributed by atoms with Crippen molar-refractivity contribution in [3.63, 3.8) is 0 Å². The minimum absolute atomic E-state index is 0. The third-order valence-electron chi connectivity index (χ3n) is 19.0. The van der Waals surface area contributed by atoms with Crippen LogP contribution in [-0.4, -0.2) is 33.6 Å². The first-order chi connectivity index (χ1) is 44.7. The highest BCUT2D eigenvalue weighted by atomic mass is 35.5. The minimum Gasteiger partial charge on any atom is -0.594 e. The standard InChI is InChI=1S/2C42H42BOP.CH2Cl2.H2O/c2*1-30-26-32(3)41(33(4)27-30)43(44,42-34(5)28-31(2)29-35(42)6)36-22-24-40(25-23-36)45(37-16-10-7-11-17-37,38-18-12-8-13-19-38)39-20-14-9-15-21-39;2-1-3;/h2*7-29,44H,1-6H3;1H2;1H2. The molecule has 0 radical (unpaired) electrons. The van der Waals surface area contributed by atoms with Gasteiger partial charge in [-0.15, -0.1) is 23.2 Å². The molecule has 94 heavy (non-hydrogen) atoms. The van der Waals surface area contributed by atoms with Crippen molar-refractivity contribution in [2.75, 3.05) is 5.34 Å². The molecule has 0 aliphatic heterocycles. The van der Waals surface area contributed by atoms with Gasteiger partial charge in [0.2, 0.25) is 0 Å². The fourth-order valence-electron chi connectivity index (χ4n) is 16.0. The predicted molar refractivity (Wildman–Crippen MR) is 419 cm³/mol. The summed E-state index contributed by atoms with van der Waals surface area (Å²) >= 11 is 9.53. The summed E-state index contributed by atoms with van der Waals surface area (Å²) in [6.07, 6.45) is -4.52. The second-order valence-electron chi connectivity index (χ2n) is 25.5. The van der Waals surface area contributed by atoms with Gasteiger partial charge in [-0.05, 0) is 180 Å². The Kier molecular flexibility index (Phi) is 22.6. The van der Waals surface area contributed by atoms with Crippen molar-refractivity contribution in [1.82, 2.24) is 0 Å². The molecular formula is C85H88B2Cl2O3P2. The van der Waals surface area contributed by atoms with Gasteiger partial charge in [0.1, 0.15) is 57.0 Å². The predicted octanol–water partition coefficient (Wildman–Crippen LogP) is 12.8. The van der Waals surface area contributed by atoms with E-state index in [1.54, 1.807) is 0 Å². The summed E-state index contributed by atoms with van der Waals surface area (Å²) < 4.78 is 0. The normalized spacial score (nSPS) is 11.6. The largest absolute Gasteiger partial charge is 0.594 e. The van der Waals surface area contributed by atoms with E-state index >= 15 is 0 Å². The smallest absolute Gasteiger partial charge is 0.196 e. The Morgan fingerprint density at radius 3 is 0.532 bits per heavy atom. The van der Waals surface area contributed by atoms with Gasteiger partial charge < -0.3 is 15.5 Å². The van der Waals surface area contributed by atoms with Crippen LogP contribution in [-0.2, 0) is 0 Å². The van der Waals surface area contributed by atoms with Crippen molar-refractivity contribution in [3.05, 3.63) is 346 Å². The number of halogens is 2. The molecule has 0 fully saturated rings. The average Bonchev–Trinajstić information content (AvgIpc) is 0.739. The van der Waals surface area contributed by atoms with Crippen molar-refractivity contribution in [1.29, 1.82) is 0 Å². The molecule has 4 N–H and O–H groups in total. The molecule has 0 aliphatic carbocycles. The van der Waals surface area contributed by atoms with E-state index in [0.29, 0.717) is 0 Å². The van der Waals surface area contributed by atoms with Crippen molar-refractivity contribution in [3.8, 4) is 0 Å². The molecule has 0 unspecified atom stereocenters. The molecule has 3 nitrogen and oxygen atoms in total. The second kappa shape index (κ2) is 30.2. The van der Waals surface area contributed by atoms with Gasteiger partial charge in [0.05, 0.1) is 5.34 Å². The summed E-state index contributed by atoms with van der Waals surface area (Å²) in [4.78, 5) is 0. The van der Waals surface area contributed by atoms with E-state index in [0.717, 1.165) is 77.3 Å². The highest BCUT2D eigenvalue weighted by Gasteiger charge is 2.50. The van der Waals surface area contributed by atoms with Gasteiger partial charge in [-0.25, -0.2) is 0 Å². The van der Waals surface area contributed by atoms with Crippen LogP contribution in [0.2, 0.25) is 0 Å². The molecule has 9 heteroatoms. The third-order valence-corrected chi connectivity index (χ3v) is 27.6. The summed E-state index contributed by atoms with van der Waals surface area (Å²) in [5.41, 5.74) is 19.8. The lowest BCUT2D eigenvalue weighted by Gasteiger charge is -2.43. The van der Waals surface area contributed by atoms with Crippen LogP contribution in [0.5, 0.6) is 0 Å². The number of hydrogen-bond acceptors (Lipinski definition) is 2. The lowest BCUT2D eigenvalue weighted by Crippen LogP contribution is -2.70. The van der Waals surface area contributed by atoms with Crippen LogP contribution in [0.25, 0.3) is 0 Å². The van der Waals surface area contributed by atoms with E-state index in [1.807, 2.05) is 0 Å². The van der Waals surface area contributed by atoms with Crippen LogP contribution >= 0.6 is 37.7 Å². The zero-order valence-corrected chi connectivity index (χ0v) is 59.8. The molecule has 0 aliphatic rings. The number of aryl methyl sites for hydroxylation is 12. The molecule has 476 valence electrons. The molecular weight excluding hydrogens is 1220 g/mol. The van der Waals surface area contributed by atoms with Crippen molar-refractivity contribution < 1.29 is 15.5 Å². The molecule has 0 atom stereocenters. The van der Waals surface area contributed by atoms with Gasteiger partial charge in [-0.3, -0.25) is 0 Å². The Morgan fingerprint density at radius 1 is 0.245 bits per heavy atom. The van der Waals surface area contributed by atoms with E-state index in [9.17, 15) is 10.0 Å². The molecule has 0 bridgehead atoms. The Bertz CT molecular complexity index is 3830. The fraction of sp³-hybridized carbons (Fsp3) is 0.153. The summed E-state index contributed by atoms with van der Waals surface area (Å²) in [6, 6.07) is 101. The van der Waals surface area contributed by atoms with Crippen LogP contribution in [0.3, 0.4) is 0 Å². The quantitative estimate of drug-likeness (QED) is 0.0647. The van der Waals surface area contributed by atoms with Crippen molar-refractivity contribution in [2.24, 2.45) is 0 Å². The first-order valence-corrected chi connectivity index (χ1v) is 36.9. The van der Waals surface area contributed by atoms with Crippen LogP contribution in [0.15, 0.2) is 279 Å². The molecule has 0 aromatic heterocycles. The summed E-state index contributed by atoms with van der Waals surface area (Å²) in [6.45, 7) is 25.7. The highest BCUT2D eigenvalue weighted by Crippen LogP contribution is 2.55. The van der Waals surface area contributed by atoms with Gasteiger partial charge in [0.25, 0.3) is 0 Å². The maximum atomic E-state index is 13.3. The van der Waals surface area contributed by atoms with E-state index in [4.69, 9.17) is 23.2 Å². The Balaban J connectivity index is 0.000000210. The topological polar surface area (TPSA) is 72.0 Å². The number of rotatable bonds is 14. The lowest BCUT2D eigenvalue weighted by atomic mass is 9.26. The first kappa shape index (κ1) is 70.4. The zero-order valence-electron chi connectivity index (χ0n) is 56.5. The maximum Gasteiger partial charge on any atom is 0.196 e. The van der Waals surface area contributed by atoms with E-state index in [2.05, 4.69) is 362 Å². The highest BCUT2D eigenvalue weighted by molar-refractivity contribution is 8.02. The fourth-order valence-corrected chi connectivity index (χ4v) is 24.5. The van der Waals surface area contributed by atoms with Gasteiger partial charge in [-0.2, -0.15) is 32.8 Å². The van der Waals surface area contributed by atoms with E-state index in [-0.39, 0.29) is 10.8 Å². The molecule has 12 aromatic carbocycles. The first-order valence-electron chi connectivity index (χ1n) is 32.3. The van der Waals surface area contributed by atoms with E-state index < -0.39 is 27.2 Å². The molecule has 0 amide bonds. The number of alkyl halides is 2. The second-order valence-corrected chi connectivity index (χ2v) is 33.2. The van der Waals surface area contributed by atoms with Crippen LogP contribution < -0.4 is 75.2 Å². The van der Waals surface area contributed by atoms with Crippen LogP contribution in [0.4, 0.5) is 0 Å². The van der Waals surface area contributed by atoms with E-state index in [1.165, 1.54) is 64.7 Å². The summed E-state index contributed by atoms with van der Waals surface area (Å²) in [7, 11) is -4.50. The van der Waals surface area contributed by atoms with Crippen LogP contribution in [0, 0.1) is 83.1 Å². The lowest BCUT2D eigenvalue weighted by molar-refractivity contribution is 0.581. The molecule has 0 saturated carbocycles. The molecule has 12 rings (SSSR count). The third kappa shape index (κ3) is 13.4. The summed E-state index contributed by atoms with van der Waals surface area (Å²) in [5.74, 6) is 0. The van der Waals surface area contributed by atoms with Gasteiger partial charge >= 0.3 is 0 Å². The molecule has 0 spiro atoms. The number of benzene rings is 12. The molecule has 0 saturated heterocycles. The zero-order chi connectivity index (χ0) is 66.2. The van der Waals surface area contributed by atoms with Gasteiger partial charge in [-0.1, -0.05) is 249 Å².